The van der Waals surface area contributed by atoms with Crippen molar-refractivity contribution in [2.45, 2.75) is 77.4 Å². The molecule has 110 valence electrons. The first kappa shape index (κ1) is 13.9. The van der Waals surface area contributed by atoms with Gasteiger partial charge in [0.15, 0.2) is 0 Å². The lowest BCUT2D eigenvalue weighted by Crippen LogP contribution is -2.50. The van der Waals surface area contributed by atoms with Crippen molar-refractivity contribution in [1.29, 1.82) is 0 Å². The van der Waals surface area contributed by atoms with E-state index in [9.17, 15) is 0 Å². The summed E-state index contributed by atoms with van der Waals surface area (Å²) in [6.07, 6.45) is 8.55. The summed E-state index contributed by atoms with van der Waals surface area (Å²) < 4.78 is 0. The van der Waals surface area contributed by atoms with Crippen LogP contribution in [-0.4, -0.2) is 36.1 Å². The Morgan fingerprint density at radius 3 is 2.63 bits per heavy atom. The molecular weight excluding hydrogens is 232 g/mol. The molecule has 2 saturated heterocycles. The highest BCUT2D eigenvalue weighted by molar-refractivity contribution is 4.98. The van der Waals surface area contributed by atoms with E-state index in [1.165, 1.54) is 51.6 Å². The second-order valence-electron chi connectivity index (χ2n) is 7.74. The van der Waals surface area contributed by atoms with Gasteiger partial charge in [0, 0.05) is 24.7 Å². The van der Waals surface area contributed by atoms with Gasteiger partial charge >= 0.3 is 0 Å². The smallest absolute Gasteiger partial charge is 0.0250 e. The maximum absolute atomic E-state index is 4.11. The van der Waals surface area contributed by atoms with Crippen molar-refractivity contribution in [3.8, 4) is 0 Å². The van der Waals surface area contributed by atoms with Crippen molar-refractivity contribution in [2.24, 2.45) is 17.8 Å². The summed E-state index contributed by atoms with van der Waals surface area (Å²) in [5.41, 5.74) is 0. The predicted octanol–water partition coefficient (Wildman–Crippen LogP) is 3.27. The maximum Gasteiger partial charge on any atom is 0.0250 e. The van der Waals surface area contributed by atoms with Gasteiger partial charge in [-0.3, -0.25) is 4.90 Å². The molecule has 0 spiro atoms. The average molecular weight is 264 g/mol. The summed E-state index contributed by atoms with van der Waals surface area (Å²) in [4.78, 5) is 2.73. The summed E-state index contributed by atoms with van der Waals surface area (Å²) in [6, 6.07) is 2.44. The second-order valence-corrected chi connectivity index (χ2v) is 7.74. The first-order chi connectivity index (χ1) is 9.15. The summed E-state index contributed by atoms with van der Waals surface area (Å²) in [5.74, 6) is 2.67. The zero-order chi connectivity index (χ0) is 13.4. The van der Waals surface area contributed by atoms with Crippen molar-refractivity contribution in [3.05, 3.63) is 0 Å². The van der Waals surface area contributed by atoms with E-state index in [0.717, 1.165) is 35.9 Å². The van der Waals surface area contributed by atoms with Crippen LogP contribution in [0.15, 0.2) is 0 Å². The van der Waals surface area contributed by atoms with Crippen LogP contribution in [0.25, 0.3) is 0 Å². The quantitative estimate of drug-likeness (QED) is 0.841. The van der Waals surface area contributed by atoms with Gasteiger partial charge in [-0.15, -0.1) is 0 Å². The third kappa shape index (κ3) is 2.85. The fraction of sp³-hybridized carbons (Fsp3) is 1.00. The molecule has 2 heteroatoms. The molecule has 3 fully saturated rings. The molecule has 5 unspecified atom stereocenters. The molecule has 2 nitrogen and oxygen atoms in total. The average Bonchev–Trinajstić information content (AvgIpc) is 2.94. The van der Waals surface area contributed by atoms with Crippen LogP contribution in [0.2, 0.25) is 0 Å². The molecule has 0 aromatic carbocycles. The van der Waals surface area contributed by atoms with Crippen molar-refractivity contribution in [1.82, 2.24) is 10.2 Å². The Balaban J connectivity index is 1.63. The molecule has 19 heavy (non-hydrogen) atoms. The predicted molar refractivity (Wildman–Crippen MR) is 81.3 cm³/mol. The largest absolute Gasteiger partial charge is 0.309 e. The molecular formula is C17H32N2. The summed E-state index contributed by atoms with van der Waals surface area (Å²) in [5, 5.41) is 4.11. The van der Waals surface area contributed by atoms with Crippen molar-refractivity contribution in [3.63, 3.8) is 0 Å². The normalized spacial score (nSPS) is 43.9. The molecule has 1 aliphatic carbocycles. The summed E-state index contributed by atoms with van der Waals surface area (Å²) in [7, 11) is 0. The Morgan fingerprint density at radius 2 is 1.84 bits per heavy atom. The van der Waals surface area contributed by atoms with E-state index in [4.69, 9.17) is 0 Å². The van der Waals surface area contributed by atoms with Crippen LogP contribution >= 0.6 is 0 Å². The molecule has 5 atom stereocenters. The fourth-order valence-corrected chi connectivity index (χ4v) is 4.95. The Bertz CT molecular complexity index is 302. The van der Waals surface area contributed by atoms with Crippen LogP contribution in [0.5, 0.6) is 0 Å². The highest BCUT2D eigenvalue weighted by Gasteiger charge is 2.40. The standard InChI is InChI=1S/C17H32N2/c1-12(2)14-7-6-13(3)11-16(14)18-15-8-10-19-9-4-5-17(15)19/h12-18H,4-11H2,1-3H3. The Labute approximate surface area is 119 Å². The third-order valence-corrected chi connectivity index (χ3v) is 6.06. The van der Waals surface area contributed by atoms with Crippen LogP contribution in [0.3, 0.4) is 0 Å². The Hall–Kier alpha value is -0.0800. The SMILES string of the molecule is CC1CCC(C(C)C)C(NC2CCN3CCCC23)C1. The zero-order valence-electron chi connectivity index (χ0n) is 13.1. The number of nitrogens with zero attached hydrogens (tertiary/aromatic N) is 1. The van der Waals surface area contributed by atoms with Gasteiger partial charge in [-0.25, -0.2) is 0 Å². The van der Waals surface area contributed by atoms with E-state index in [1.807, 2.05) is 0 Å². The molecule has 1 N–H and O–H groups in total. The van der Waals surface area contributed by atoms with Crippen LogP contribution in [-0.2, 0) is 0 Å². The third-order valence-electron chi connectivity index (χ3n) is 6.06. The minimum Gasteiger partial charge on any atom is -0.309 e. The van der Waals surface area contributed by atoms with E-state index < -0.39 is 0 Å². The van der Waals surface area contributed by atoms with Gasteiger partial charge in [-0.05, 0) is 56.4 Å². The first-order valence-electron chi connectivity index (χ1n) is 8.65. The first-order valence-corrected chi connectivity index (χ1v) is 8.65. The van der Waals surface area contributed by atoms with Gasteiger partial charge in [0.25, 0.3) is 0 Å². The number of hydrogen-bond donors (Lipinski definition) is 1. The van der Waals surface area contributed by atoms with Gasteiger partial charge in [0.2, 0.25) is 0 Å². The van der Waals surface area contributed by atoms with Gasteiger partial charge in [0.05, 0.1) is 0 Å². The zero-order valence-corrected chi connectivity index (χ0v) is 13.1. The van der Waals surface area contributed by atoms with Gasteiger partial charge in [0.1, 0.15) is 0 Å². The lowest BCUT2D eigenvalue weighted by atomic mass is 9.73. The van der Waals surface area contributed by atoms with Crippen molar-refractivity contribution >= 4 is 0 Å². The number of nitrogens with one attached hydrogen (secondary N) is 1. The van der Waals surface area contributed by atoms with E-state index in [-0.39, 0.29) is 0 Å². The van der Waals surface area contributed by atoms with E-state index in [0.29, 0.717) is 0 Å². The van der Waals surface area contributed by atoms with E-state index in [2.05, 4.69) is 31.0 Å². The summed E-state index contributed by atoms with van der Waals surface area (Å²) >= 11 is 0. The molecule has 1 saturated carbocycles. The molecule has 2 heterocycles. The van der Waals surface area contributed by atoms with Crippen LogP contribution < -0.4 is 5.32 Å². The number of rotatable bonds is 3. The van der Waals surface area contributed by atoms with Gasteiger partial charge < -0.3 is 5.32 Å². The molecule has 0 aromatic rings. The van der Waals surface area contributed by atoms with Crippen molar-refractivity contribution < 1.29 is 0 Å². The minimum atomic E-state index is 0.786. The molecule has 0 aromatic heterocycles. The lowest BCUT2D eigenvalue weighted by molar-refractivity contribution is 0.151. The second kappa shape index (κ2) is 5.73. The number of hydrogen-bond acceptors (Lipinski definition) is 2. The minimum absolute atomic E-state index is 0.786. The molecule has 0 radical (unpaired) electrons. The van der Waals surface area contributed by atoms with Gasteiger partial charge in [-0.1, -0.05) is 27.2 Å². The Morgan fingerprint density at radius 1 is 1.00 bits per heavy atom. The maximum atomic E-state index is 4.11. The van der Waals surface area contributed by atoms with Crippen molar-refractivity contribution in [2.75, 3.05) is 13.1 Å². The topological polar surface area (TPSA) is 15.3 Å². The molecule has 3 rings (SSSR count). The van der Waals surface area contributed by atoms with Crippen LogP contribution in [0, 0.1) is 17.8 Å². The molecule has 0 amide bonds. The number of fused-ring (bicyclic) bond motifs is 1. The van der Waals surface area contributed by atoms with Crippen LogP contribution in [0.1, 0.15) is 59.3 Å². The van der Waals surface area contributed by atoms with Crippen LogP contribution in [0.4, 0.5) is 0 Å². The van der Waals surface area contributed by atoms with E-state index in [1.54, 1.807) is 0 Å². The molecule has 0 bridgehead atoms. The van der Waals surface area contributed by atoms with E-state index >= 15 is 0 Å². The Kier molecular flexibility index (Phi) is 4.19. The lowest BCUT2D eigenvalue weighted by Gasteiger charge is -2.40. The highest BCUT2D eigenvalue weighted by atomic mass is 15.2. The monoisotopic (exact) mass is 264 g/mol. The van der Waals surface area contributed by atoms with Gasteiger partial charge in [-0.2, -0.15) is 0 Å². The molecule has 3 aliphatic rings. The summed E-state index contributed by atoms with van der Waals surface area (Å²) in [6.45, 7) is 9.99. The highest BCUT2D eigenvalue weighted by Crippen LogP contribution is 2.35. The molecule has 2 aliphatic heterocycles. The fourth-order valence-electron chi connectivity index (χ4n) is 4.95.